The molecule has 8 nitrogen and oxygen atoms in total. The first-order valence-electron chi connectivity index (χ1n) is 8.98. The molecule has 140 valence electrons. The van der Waals surface area contributed by atoms with Gasteiger partial charge in [0.2, 0.25) is 6.08 Å². The van der Waals surface area contributed by atoms with E-state index in [4.69, 9.17) is 0 Å². The van der Waals surface area contributed by atoms with Crippen LogP contribution in [-0.4, -0.2) is 19.8 Å². The second-order valence-electron chi connectivity index (χ2n) is 6.19. The molecule has 0 fully saturated rings. The maximum atomic E-state index is 12.7. The largest absolute Gasteiger partial charge is 0.338 e. The lowest BCUT2D eigenvalue weighted by molar-refractivity contribution is 0.375. The van der Waals surface area contributed by atoms with Gasteiger partial charge in [0, 0.05) is 13.6 Å². The number of carbonyl (C=O) groups excluding carboxylic acids is 1. The molecule has 0 aliphatic carbocycles. The van der Waals surface area contributed by atoms with Crippen LogP contribution in [-0.2, 0) is 18.4 Å². The minimum Gasteiger partial charge on any atom is -0.248 e. The van der Waals surface area contributed by atoms with Crippen molar-refractivity contribution in [1.82, 2.24) is 13.7 Å². The average molecular weight is 352 g/mol. The van der Waals surface area contributed by atoms with E-state index in [2.05, 4.69) is 11.9 Å². The molecule has 0 saturated heterocycles. The van der Waals surface area contributed by atoms with E-state index in [1.807, 2.05) is 6.92 Å². The maximum Gasteiger partial charge on any atom is 0.338 e. The lowest BCUT2D eigenvalue weighted by Gasteiger charge is -2.16. The molecule has 1 rings (SSSR count). The van der Waals surface area contributed by atoms with Crippen LogP contribution in [0.1, 0.15) is 71.4 Å². The zero-order chi connectivity index (χ0) is 18.8. The lowest BCUT2D eigenvalue weighted by atomic mass is 10.2. The summed E-state index contributed by atoms with van der Waals surface area (Å²) in [7, 11) is 1.33. The van der Waals surface area contributed by atoms with Gasteiger partial charge < -0.3 is 0 Å². The third-order valence-corrected chi connectivity index (χ3v) is 4.25. The van der Waals surface area contributed by atoms with Crippen molar-refractivity contribution in [3.63, 3.8) is 0 Å². The van der Waals surface area contributed by atoms with Gasteiger partial charge in [-0.15, -0.1) is 0 Å². The zero-order valence-corrected chi connectivity index (χ0v) is 15.4. The Morgan fingerprint density at radius 2 is 1.56 bits per heavy atom. The van der Waals surface area contributed by atoms with Crippen LogP contribution in [0.2, 0.25) is 0 Å². The predicted octanol–water partition coefficient (Wildman–Crippen LogP) is 1.70. The van der Waals surface area contributed by atoms with E-state index in [0.29, 0.717) is 12.8 Å². The van der Waals surface area contributed by atoms with E-state index in [1.165, 1.54) is 13.1 Å². The summed E-state index contributed by atoms with van der Waals surface area (Å²) in [5, 5.41) is 0. The van der Waals surface area contributed by atoms with Crippen LogP contribution in [0.15, 0.2) is 19.4 Å². The fraction of sp³-hybridized carbons (Fsp3) is 0.765. The molecule has 1 aromatic rings. The summed E-state index contributed by atoms with van der Waals surface area (Å²) < 4.78 is 2.86. The lowest BCUT2D eigenvalue weighted by Crippen LogP contribution is -2.54. The Labute approximate surface area is 146 Å². The van der Waals surface area contributed by atoms with Crippen molar-refractivity contribution in [2.24, 2.45) is 12.0 Å². The summed E-state index contributed by atoms with van der Waals surface area (Å²) in [4.78, 5) is 51.8. The van der Waals surface area contributed by atoms with E-state index >= 15 is 0 Å². The van der Waals surface area contributed by atoms with Crippen molar-refractivity contribution >= 4 is 6.08 Å². The van der Waals surface area contributed by atoms with Crippen molar-refractivity contribution in [3.8, 4) is 0 Å². The molecule has 1 atom stereocenters. The van der Waals surface area contributed by atoms with E-state index in [1.54, 1.807) is 0 Å². The number of rotatable bonds is 11. The Morgan fingerprint density at radius 1 is 0.920 bits per heavy atom. The van der Waals surface area contributed by atoms with Crippen LogP contribution in [0.5, 0.6) is 0 Å². The molecule has 0 aliphatic heterocycles. The smallest absolute Gasteiger partial charge is 0.248 e. The summed E-state index contributed by atoms with van der Waals surface area (Å²) in [6, 6.07) is 0. The number of isocyanates is 1. The Morgan fingerprint density at radius 3 is 2.16 bits per heavy atom. The highest BCUT2D eigenvalue weighted by Crippen LogP contribution is 2.13. The first-order chi connectivity index (χ1) is 12.0. The van der Waals surface area contributed by atoms with Gasteiger partial charge in [-0.2, -0.15) is 4.99 Å². The molecule has 1 heterocycles. The van der Waals surface area contributed by atoms with Gasteiger partial charge in [-0.1, -0.05) is 46.0 Å². The molecular formula is C17H28N4O4. The Hall–Kier alpha value is -2.21. The van der Waals surface area contributed by atoms with E-state index in [9.17, 15) is 19.2 Å². The van der Waals surface area contributed by atoms with Crippen LogP contribution in [0, 0.1) is 0 Å². The van der Waals surface area contributed by atoms with Crippen LogP contribution in [0.25, 0.3) is 0 Å². The number of unbranched alkanes of at least 4 members (excludes halogenated alkanes) is 5. The molecule has 0 spiro atoms. The van der Waals surface area contributed by atoms with Gasteiger partial charge in [0.15, 0.2) is 0 Å². The third-order valence-electron chi connectivity index (χ3n) is 4.25. The molecule has 0 aliphatic rings. The number of nitrogens with zero attached hydrogens (tertiary/aromatic N) is 4. The second kappa shape index (κ2) is 10.6. The van der Waals surface area contributed by atoms with Gasteiger partial charge in [-0.05, 0) is 19.3 Å². The number of hydrogen-bond donors (Lipinski definition) is 0. The Kier molecular flexibility index (Phi) is 8.84. The monoisotopic (exact) mass is 352 g/mol. The molecule has 0 saturated carbocycles. The minimum atomic E-state index is -0.919. The molecule has 0 radical (unpaired) electrons. The standard InChI is InChI=1S/C17H28N4O4/c1-4-6-8-10-12-20-15(23)19(3)16(24)21(17(20)25)14(18-13-22)11-9-7-5-2/h14H,4-12H2,1-3H3. The van der Waals surface area contributed by atoms with Crippen molar-refractivity contribution in [3.05, 3.63) is 31.5 Å². The SMILES string of the molecule is CCCCCCn1c(=O)n(C)c(=O)n(C(CCCCC)N=C=O)c1=O. The summed E-state index contributed by atoms with van der Waals surface area (Å²) in [6.07, 6.45) is 7.12. The van der Waals surface area contributed by atoms with E-state index in [-0.39, 0.29) is 6.54 Å². The first-order valence-corrected chi connectivity index (χ1v) is 8.98. The average Bonchev–Trinajstić information content (AvgIpc) is 2.59. The Balaban J connectivity index is 3.30. The zero-order valence-electron chi connectivity index (χ0n) is 15.4. The summed E-state index contributed by atoms with van der Waals surface area (Å²) >= 11 is 0. The summed E-state index contributed by atoms with van der Waals surface area (Å²) in [6.45, 7) is 4.35. The quantitative estimate of drug-likeness (QED) is 0.344. The molecule has 25 heavy (non-hydrogen) atoms. The second-order valence-corrected chi connectivity index (χ2v) is 6.19. The summed E-state index contributed by atoms with van der Waals surface area (Å²) in [5.74, 6) is 0. The predicted molar refractivity (Wildman–Crippen MR) is 95.6 cm³/mol. The van der Waals surface area contributed by atoms with Gasteiger partial charge in [0.05, 0.1) is 0 Å². The number of aliphatic imine (C=N–C) groups is 1. The molecule has 0 N–H and O–H groups in total. The van der Waals surface area contributed by atoms with E-state index in [0.717, 1.165) is 52.2 Å². The topological polar surface area (TPSA) is 95.4 Å². The van der Waals surface area contributed by atoms with Crippen molar-refractivity contribution < 1.29 is 4.79 Å². The first kappa shape index (κ1) is 20.8. The molecule has 1 aromatic heterocycles. The molecule has 8 heteroatoms. The fourth-order valence-corrected chi connectivity index (χ4v) is 2.75. The Bertz CT molecular complexity index is 768. The van der Waals surface area contributed by atoms with Gasteiger partial charge >= 0.3 is 17.1 Å². The highest BCUT2D eigenvalue weighted by atomic mass is 16.2. The number of hydrogen-bond acceptors (Lipinski definition) is 5. The maximum absolute atomic E-state index is 12.7. The van der Waals surface area contributed by atoms with Crippen LogP contribution in [0.3, 0.4) is 0 Å². The van der Waals surface area contributed by atoms with Crippen molar-refractivity contribution in [2.45, 2.75) is 77.9 Å². The van der Waals surface area contributed by atoms with E-state index < -0.39 is 23.2 Å². The normalized spacial score (nSPS) is 12.0. The van der Waals surface area contributed by atoms with Gasteiger partial charge in [0.25, 0.3) is 0 Å². The van der Waals surface area contributed by atoms with Crippen molar-refractivity contribution in [2.75, 3.05) is 0 Å². The van der Waals surface area contributed by atoms with Crippen LogP contribution < -0.4 is 17.1 Å². The minimum absolute atomic E-state index is 0.248. The highest BCUT2D eigenvalue weighted by Gasteiger charge is 2.20. The van der Waals surface area contributed by atoms with Crippen molar-refractivity contribution in [1.29, 1.82) is 0 Å². The summed E-state index contributed by atoms with van der Waals surface area (Å²) in [5.41, 5.74) is -2.09. The molecule has 0 amide bonds. The van der Waals surface area contributed by atoms with Gasteiger partial charge in [-0.3, -0.25) is 0 Å². The molecule has 0 aromatic carbocycles. The van der Waals surface area contributed by atoms with Gasteiger partial charge in [0.1, 0.15) is 6.17 Å². The fourth-order valence-electron chi connectivity index (χ4n) is 2.75. The van der Waals surface area contributed by atoms with Crippen LogP contribution >= 0.6 is 0 Å². The van der Waals surface area contributed by atoms with Gasteiger partial charge in [-0.25, -0.2) is 32.9 Å². The number of aromatic nitrogens is 3. The third kappa shape index (κ3) is 5.39. The molecular weight excluding hydrogens is 324 g/mol. The molecule has 1 unspecified atom stereocenters. The molecule has 0 bridgehead atoms. The van der Waals surface area contributed by atoms with Crippen LogP contribution in [0.4, 0.5) is 0 Å². The highest BCUT2D eigenvalue weighted by molar-refractivity contribution is 5.33.